The second-order valence-electron chi connectivity index (χ2n) is 2.58. The number of alkyl halides is 2. The molecule has 0 aliphatic carbocycles. The lowest BCUT2D eigenvalue weighted by Gasteiger charge is -2.03. The number of halogens is 2. The summed E-state index contributed by atoms with van der Waals surface area (Å²) in [5, 5.41) is 8.89. The molecule has 0 bridgehead atoms. The topological polar surface area (TPSA) is 20.2 Å². The third-order valence-electron chi connectivity index (χ3n) is 1.60. The third kappa shape index (κ3) is 2.37. The Hall–Kier alpha value is -0.240. The highest BCUT2D eigenvalue weighted by Gasteiger charge is 1.98. The molecule has 1 aromatic carbocycles. The standard InChI is InChI=1S/C9H10Cl2O/c10-4-7-1-8(5-11)3-9(2-7)6-12/h1-3,12H,4-6H2. The van der Waals surface area contributed by atoms with E-state index in [0.717, 1.165) is 16.7 Å². The second-order valence-corrected chi connectivity index (χ2v) is 3.12. The summed E-state index contributed by atoms with van der Waals surface area (Å²) in [6, 6.07) is 5.70. The van der Waals surface area contributed by atoms with E-state index in [2.05, 4.69) is 0 Å². The molecular weight excluding hydrogens is 195 g/mol. The minimum absolute atomic E-state index is 0.0363. The van der Waals surface area contributed by atoms with E-state index in [9.17, 15) is 0 Å². The molecule has 0 unspecified atom stereocenters. The van der Waals surface area contributed by atoms with Crippen LogP contribution in [0.1, 0.15) is 16.7 Å². The highest BCUT2D eigenvalue weighted by Crippen LogP contribution is 2.14. The van der Waals surface area contributed by atoms with Gasteiger partial charge in [0.2, 0.25) is 0 Å². The van der Waals surface area contributed by atoms with Crippen LogP contribution < -0.4 is 0 Å². The summed E-state index contributed by atoms with van der Waals surface area (Å²) in [5.41, 5.74) is 2.86. The summed E-state index contributed by atoms with van der Waals surface area (Å²) in [5.74, 6) is 0.912. The Bertz CT molecular complexity index is 205. The third-order valence-corrected chi connectivity index (χ3v) is 2.22. The van der Waals surface area contributed by atoms with Gasteiger partial charge in [-0.25, -0.2) is 0 Å². The number of rotatable bonds is 3. The molecule has 0 aromatic heterocycles. The Morgan fingerprint density at radius 1 is 0.917 bits per heavy atom. The fourth-order valence-electron chi connectivity index (χ4n) is 1.08. The molecule has 0 atom stereocenters. The van der Waals surface area contributed by atoms with E-state index in [1.165, 1.54) is 0 Å². The minimum atomic E-state index is 0.0363. The molecule has 1 N–H and O–H groups in total. The van der Waals surface area contributed by atoms with Gasteiger partial charge in [0.05, 0.1) is 6.61 Å². The monoisotopic (exact) mass is 204 g/mol. The van der Waals surface area contributed by atoms with Crippen LogP contribution in [-0.2, 0) is 18.4 Å². The molecule has 0 amide bonds. The van der Waals surface area contributed by atoms with Crippen LogP contribution in [0.4, 0.5) is 0 Å². The molecule has 0 spiro atoms. The quantitative estimate of drug-likeness (QED) is 0.752. The first-order valence-electron chi connectivity index (χ1n) is 3.64. The van der Waals surface area contributed by atoms with E-state index < -0.39 is 0 Å². The summed E-state index contributed by atoms with van der Waals surface area (Å²) in [6.45, 7) is 0.0363. The first-order valence-corrected chi connectivity index (χ1v) is 4.71. The van der Waals surface area contributed by atoms with Crippen molar-refractivity contribution in [1.82, 2.24) is 0 Å². The Balaban J connectivity index is 3.01. The van der Waals surface area contributed by atoms with Crippen molar-refractivity contribution in [2.75, 3.05) is 0 Å². The molecule has 3 heteroatoms. The van der Waals surface area contributed by atoms with Crippen molar-refractivity contribution in [3.05, 3.63) is 34.9 Å². The van der Waals surface area contributed by atoms with Crippen LogP contribution in [0.2, 0.25) is 0 Å². The van der Waals surface area contributed by atoms with Gasteiger partial charge >= 0.3 is 0 Å². The number of hydrogen-bond donors (Lipinski definition) is 1. The van der Waals surface area contributed by atoms with Crippen molar-refractivity contribution in [2.24, 2.45) is 0 Å². The molecule has 0 aliphatic heterocycles. The van der Waals surface area contributed by atoms with Gasteiger partial charge in [0.1, 0.15) is 0 Å². The van der Waals surface area contributed by atoms with Crippen LogP contribution in [-0.4, -0.2) is 5.11 Å². The van der Waals surface area contributed by atoms with E-state index >= 15 is 0 Å². The van der Waals surface area contributed by atoms with E-state index in [4.69, 9.17) is 28.3 Å². The summed E-state index contributed by atoms with van der Waals surface area (Å²) in [7, 11) is 0. The zero-order chi connectivity index (χ0) is 8.97. The van der Waals surface area contributed by atoms with Gasteiger partial charge in [-0.2, -0.15) is 0 Å². The lowest BCUT2D eigenvalue weighted by atomic mass is 10.1. The minimum Gasteiger partial charge on any atom is -0.392 e. The first kappa shape index (κ1) is 9.85. The van der Waals surface area contributed by atoms with Crippen LogP contribution in [0.5, 0.6) is 0 Å². The van der Waals surface area contributed by atoms with Crippen molar-refractivity contribution in [2.45, 2.75) is 18.4 Å². The Labute approximate surface area is 81.9 Å². The fraction of sp³-hybridized carbons (Fsp3) is 0.333. The van der Waals surface area contributed by atoms with Crippen molar-refractivity contribution < 1.29 is 5.11 Å². The predicted octanol–water partition coefficient (Wildman–Crippen LogP) is 2.66. The highest BCUT2D eigenvalue weighted by atomic mass is 35.5. The smallest absolute Gasteiger partial charge is 0.0682 e. The fourth-order valence-corrected chi connectivity index (χ4v) is 1.39. The van der Waals surface area contributed by atoms with Gasteiger partial charge in [0.15, 0.2) is 0 Å². The van der Waals surface area contributed by atoms with Crippen LogP contribution >= 0.6 is 23.2 Å². The maximum absolute atomic E-state index is 8.89. The largest absolute Gasteiger partial charge is 0.392 e. The highest BCUT2D eigenvalue weighted by molar-refractivity contribution is 6.17. The predicted molar refractivity (Wildman–Crippen MR) is 51.5 cm³/mol. The van der Waals surface area contributed by atoms with Crippen LogP contribution in [0.3, 0.4) is 0 Å². The maximum atomic E-state index is 8.89. The summed E-state index contributed by atoms with van der Waals surface area (Å²) in [4.78, 5) is 0. The SMILES string of the molecule is OCc1cc(CCl)cc(CCl)c1. The average molecular weight is 205 g/mol. The molecule has 66 valence electrons. The molecule has 0 fully saturated rings. The van der Waals surface area contributed by atoms with Crippen molar-refractivity contribution in [1.29, 1.82) is 0 Å². The summed E-state index contributed by atoms with van der Waals surface area (Å²) < 4.78 is 0. The molecule has 0 radical (unpaired) electrons. The van der Waals surface area contributed by atoms with Gasteiger partial charge in [-0.05, 0) is 16.7 Å². The number of hydrogen-bond acceptors (Lipinski definition) is 1. The van der Waals surface area contributed by atoms with Crippen LogP contribution in [0, 0.1) is 0 Å². The van der Waals surface area contributed by atoms with Gasteiger partial charge in [0, 0.05) is 11.8 Å². The van der Waals surface area contributed by atoms with E-state index in [-0.39, 0.29) is 6.61 Å². The molecule has 0 aliphatic rings. The zero-order valence-electron chi connectivity index (χ0n) is 6.56. The lowest BCUT2D eigenvalue weighted by molar-refractivity contribution is 0.281. The molecule has 0 saturated carbocycles. The second kappa shape index (κ2) is 4.70. The molecule has 0 saturated heterocycles. The number of aliphatic hydroxyl groups excluding tert-OH is 1. The van der Waals surface area contributed by atoms with Gasteiger partial charge in [-0.3, -0.25) is 0 Å². The Morgan fingerprint density at radius 2 is 1.33 bits per heavy atom. The van der Waals surface area contributed by atoms with Gasteiger partial charge in [-0.15, -0.1) is 23.2 Å². The molecule has 1 aromatic rings. The summed E-state index contributed by atoms with van der Waals surface area (Å²) in [6.07, 6.45) is 0. The number of aliphatic hydroxyl groups is 1. The molecule has 1 nitrogen and oxygen atoms in total. The first-order chi connectivity index (χ1) is 5.80. The van der Waals surface area contributed by atoms with Gasteiger partial charge in [0.25, 0.3) is 0 Å². The van der Waals surface area contributed by atoms with Crippen LogP contribution in [0.25, 0.3) is 0 Å². The van der Waals surface area contributed by atoms with Gasteiger partial charge in [-0.1, -0.05) is 18.2 Å². The maximum Gasteiger partial charge on any atom is 0.0682 e. The molecule has 12 heavy (non-hydrogen) atoms. The summed E-state index contributed by atoms with van der Waals surface area (Å²) >= 11 is 11.3. The normalized spacial score (nSPS) is 10.2. The van der Waals surface area contributed by atoms with Gasteiger partial charge < -0.3 is 5.11 Å². The van der Waals surface area contributed by atoms with E-state index in [1.54, 1.807) is 0 Å². The van der Waals surface area contributed by atoms with Crippen LogP contribution in [0.15, 0.2) is 18.2 Å². The van der Waals surface area contributed by atoms with E-state index in [1.807, 2.05) is 18.2 Å². The molecule has 0 heterocycles. The van der Waals surface area contributed by atoms with Crippen molar-refractivity contribution in [3.8, 4) is 0 Å². The number of benzene rings is 1. The molecular formula is C9H10Cl2O. The Kier molecular flexibility index (Phi) is 3.86. The molecule has 1 rings (SSSR count). The van der Waals surface area contributed by atoms with Crippen molar-refractivity contribution >= 4 is 23.2 Å². The van der Waals surface area contributed by atoms with Crippen molar-refractivity contribution in [3.63, 3.8) is 0 Å². The zero-order valence-corrected chi connectivity index (χ0v) is 8.07. The average Bonchev–Trinajstić information content (AvgIpc) is 2.16. The lowest BCUT2D eigenvalue weighted by Crippen LogP contribution is -1.89. The van der Waals surface area contributed by atoms with E-state index in [0.29, 0.717) is 11.8 Å². The Morgan fingerprint density at radius 3 is 1.67 bits per heavy atom.